The highest BCUT2D eigenvalue weighted by Gasteiger charge is 2.34. The highest BCUT2D eigenvalue weighted by atomic mass is 32.1. The summed E-state index contributed by atoms with van der Waals surface area (Å²) in [5.41, 5.74) is 0.661. The molecule has 5 nitrogen and oxygen atoms in total. The molecule has 166 valence electrons. The van der Waals surface area contributed by atoms with Crippen molar-refractivity contribution in [3.63, 3.8) is 0 Å². The zero-order valence-electron chi connectivity index (χ0n) is 16.8. The molecule has 0 saturated carbocycles. The van der Waals surface area contributed by atoms with Gasteiger partial charge in [0.2, 0.25) is 0 Å². The van der Waals surface area contributed by atoms with Gasteiger partial charge in [-0.05, 0) is 48.9 Å². The number of anilines is 2. The van der Waals surface area contributed by atoms with E-state index in [1.54, 1.807) is 41.4 Å². The van der Waals surface area contributed by atoms with Crippen LogP contribution < -0.4 is 10.1 Å². The van der Waals surface area contributed by atoms with Gasteiger partial charge in [0, 0.05) is 28.3 Å². The summed E-state index contributed by atoms with van der Waals surface area (Å²) in [6.07, 6.45) is 2.60. The first kappa shape index (κ1) is 22.2. The largest absolute Gasteiger partial charge is 0.493 e. The maximum Gasteiger partial charge on any atom is 0.420 e. The van der Waals surface area contributed by atoms with E-state index in [1.807, 2.05) is 11.4 Å². The van der Waals surface area contributed by atoms with E-state index in [9.17, 15) is 13.2 Å². The number of alkyl halides is 3. The zero-order chi connectivity index (χ0) is 22.4. The number of hydrogen-bond acceptors (Lipinski definition) is 7. The standard InChI is InChI=1S/C22H19F3N4OS2/c23-22(24,25)17-12-15(28-21-29-19(14-32-21)18-13-26-8-9-27-18)6-7-20(17)30-10-2-1-4-16-5-3-11-31-16/h3,5-9,11-14H,1-2,4,10H2,(H,28,29). The minimum Gasteiger partial charge on any atom is -0.493 e. The Morgan fingerprint density at radius 2 is 1.94 bits per heavy atom. The molecule has 4 aromatic rings. The first-order valence-electron chi connectivity index (χ1n) is 9.84. The second kappa shape index (κ2) is 10.1. The van der Waals surface area contributed by atoms with Crippen LogP contribution in [-0.4, -0.2) is 21.6 Å². The van der Waals surface area contributed by atoms with E-state index >= 15 is 0 Å². The molecule has 0 fully saturated rings. The number of nitrogens with zero attached hydrogens (tertiary/aromatic N) is 3. The smallest absolute Gasteiger partial charge is 0.420 e. The zero-order valence-corrected chi connectivity index (χ0v) is 18.4. The van der Waals surface area contributed by atoms with Crippen molar-refractivity contribution in [1.82, 2.24) is 15.0 Å². The van der Waals surface area contributed by atoms with Crippen LogP contribution in [-0.2, 0) is 12.6 Å². The lowest BCUT2D eigenvalue weighted by molar-refractivity contribution is -0.138. The third-order valence-corrected chi connectivity index (χ3v) is 6.22. The molecule has 0 amide bonds. The van der Waals surface area contributed by atoms with Gasteiger partial charge in [-0.2, -0.15) is 13.2 Å². The Morgan fingerprint density at radius 1 is 1.03 bits per heavy atom. The van der Waals surface area contributed by atoms with Crippen molar-refractivity contribution in [2.45, 2.75) is 25.4 Å². The van der Waals surface area contributed by atoms with Gasteiger partial charge in [-0.25, -0.2) is 4.98 Å². The van der Waals surface area contributed by atoms with Crippen LogP contribution in [0.5, 0.6) is 5.75 Å². The maximum absolute atomic E-state index is 13.6. The molecule has 0 radical (unpaired) electrons. The summed E-state index contributed by atoms with van der Waals surface area (Å²) in [6.45, 7) is 0.231. The minimum absolute atomic E-state index is 0.168. The predicted octanol–water partition coefficient (Wildman–Crippen LogP) is 6.83. The molecule has 1 aromatic carbocycles. The molecular formula is C22H19F3N4OS2. The number of benzene rings is 1. The number of hydrogen-bond donors (Lipinski definition) is 1. The van der Waals surface area contributed by atoms with Gasteiger partial charge in [-0.3, -0.25) is 9.97 Å². The van der Waals surface area contributed by atoms with E-state index in [4.69, 9.17) is 4.74 Å². The van der Waals surface area contributed by atoms with Crippen LogP contribution in [0.15, 0.2) is 59.7 Å². The summed E-state index contributed by atoms with van der Waals surface area (Å²) in [5, 5.41) is 7.17. The number of rotatable bonds is 9. The van der Waals surface area contributed by atoms with Gasteiger partial charge in [0.05, 0.1) is 18.4 Å². The molecule has 4 rings (SSSR count). The van der Waals surface area contributed by atoms with Crippen molar-refractivity contribution >= 4 is 33.5 Å². The van der Waals surface area contributed by atoms with E-state index < -0.39 is 11.7 Å². The van der Waals surface area contributed by atoms with Gasteiger partial charge >= 0.3 is 6.18 Å². The third-order valence-electron chi connectivity index (χ3n) is 4.52. The highest BCUT2D eigenvalue weighted by molar-refractivity contribution is 7.14. The summed E-state index contributed by atoms with van der Waals surface area (Å²) in [6, 6.07) is 7.99. The lowest BCUT2D eigenvalue weighted by atomic mass is 10.1. The van der Waals surface area contributed by atoms with E-state index in [-0.39, 0.29) is 18.0 Å². The second-order valence-electron chi connectivity index (χ2n) is 6.85. The molecule has 0 unspecified atom stereocenters. The Hall–Kier alpha value is -2.98. The molecule has 0 spiro atoms. The minimum atomic E-state index is -4.53. The Balaban J connectivity index is 1.40. The Kier molecular flexibility index (Phi) is 7.01. The number of nitrogens with one attached hydrogen (secondary N) is 1. The van der Waals surface area contributed by atoms with Crippen molar-refractivity contribution in [2.75, 3.05) is 11.9 Å². The summed E-state index contributed by atoms with van der Waals surface area (Å²) in [5.74, 6) is -0.168. The van der Waals surface area contributed by atoms with Crippen molar-refractivity contribution in [1.29, 1.82) is 0 Å². The lowest BCUT2D eigenvalue weighted by Gasteiger charge is -2.15. The second-order valence-corrected chi connectivity index (χ2v) is 8.74. The lowest BCUT2D eigenvalue weighted by Crippen LogP contribution is -2.10. The predicted molar refractivity (Wildman–Crippen MR) is 121 cm³/mol. The first-order valence-corrected chi connectivity index (χ1v) is 11.6. The summed E-state index contributed by atoms with van der Waals surface area (Å²) >= 11 is 2.95. The Bertz CT molecular complexity index is 1130. The van der Waals surface area contributed by atoms with E-state index in [1.165, 1.54) is 22.3 Å². The molecule has 3 aromatic heterocycles. The number of unbranched alkanes of at least 4 members (excludes halogenated alkanes) is 1. The van der Waals surface area contributed by atoms with Gasteiger partial charge in [-0.15, -0.1) is 22.7 Å². The molecule has 0 saturated heterocycles. The van der Waals surface area contributed by atoms with E-state index in [0.29, 0.717) is 22.9 Å². The summed E-state index contributed by atoms with van der Waals surface area (Å²) in [7, 11) is 0. The van der Waals surface area contributed by atoms with Gasteiger partial charge in [-0.1, -0.05) is 6.07 Å². The fourth-order valence-electron chi connectivity index (χ4n) is 3.00. The van der Waals surface area contributed by atoms with Crippen molar-refractivity contribution in [3.8, 4) is 17.1 Å². The van der Waals surface area contributed by atoms with Crippen LogP contribution in [0.25, 0.3) is 11.4 Å². The SMILES string of the molecule is FC(F)(F)c1cc(Nc2nc(-c3cnccn3)cs2)ccc1OCCCCc1cccs1. The number of aromatic nitrogens is 3. The van der Waals surface area contributed by atoms with Crippen molar-refractivity contribution in [2.24, 2.45) is 0 Å². The van der Waals surface area contributed by atoms with Crippen LogP contribution in [0.2, 0.25) is 0 Å². The quantitative estimate of drug-likeness (QED) is 0.269. The average molecular weight is 477 g/mol. The Morgan fingerprint density at radius 3 is 2.69 bits per heavy atom. The first-order chi connectivity index (χ1) is 15.5. The van der Waals surface area contributed by atoms with E-state index in [0.717, 1.165) is 18.9 Å². The maximum atomic E-state index is 13.6. The Labute approximate surface area is 191 Å². The normalized spacial score (nSPS) is 11.5. The molecule has 0 aliphatic rings. The molecule has 0 bridgehead atoms. The third kappa shape index (κ3) is 5.83. The topological polar surface area (TPSA) is 59.9 Å². The fraction of sp³-hybridized carbons (Fsp3) is 0.227. The highest BCUT2D eigenvalue weighted by Crippen LogP contribution is 2.39. The fourth-order valence-corrected chi connectivity index (χ4v) is 4.47. The molecule has 0 atom stereocenters. The van der Waals surface area contributed by atoms with Crippen LogP contribution >= 0.6 is 22.7 Å². The number of thiophene rings is 1. The molecule has 0 aliphatic carbocycles. The molecule has 32 heavy (non-hydrogen) atoms. The van der Waals surface area contributed by atoms with Gasteiger partial charge in [0.25, 0.3) is 0 Å². The van der Waals surface area contributed by atoms with Crippen LogP contribution in [0.4, 0.5) is 24.0 Å². The molecular weight excluding hydrogens is 457 g/mol. The molecule has 3 heterocycles. The van der Waals surface area contributed by atoms with Crippen LogP contribution in [0, 0.1) is 0 Å². The number of thiazole rings is 1. The molecule has 10 heteroatoms. The van der Waals surface area contributed by atoms with Gasteiger partial charge in [0.1, 0.15) is 17.1 Å². The number of ether oxygens (including phenoxy) is 1. The van der Waals surface area contributed by atoms with Crippen LogP contribution in [0.3, 0.4) is 0 Å². The monoisotopic (exact) mass is 476 g/mol. The van der Waals surface area contributed by atoms with E-state index in [2.05, 4.69) is 26.3 Å². The average Bonchev–Trinajstić information content (AvgIpc) is 3.46. The van der Waals surface area contributed by atoms with Crippen molar-refractivity contribution in [3.05, 3.63) is 70.1 Å². The summed E-state index contributed by atoms with van der Waals surface area (Å²) in [4.78, 5) is 13.8. The van der Waals surface area contributed by atoms with Crippen LogP contribution in [0.1, 0.15) is 23.3 Å². The number of aryl methyl sites for hydroxylation is 1. The summed E-state index contributed by atoms with van der Waals surface area (Å²) < 4.78 is 46.3. The number of halogens is 3. The van der Waals surface area contributed by atoms with Gasteiger partial charge < -0.3 is 10.1 Å². The van der Waals surface area contributed by atoms with Gasteiger partial charge in [0.15, 0.2) is 5.13 Å². The molecule has 0 aliphatic heterocycles. The van der Waals surface area contributed by atoms with Crippen molar-refractivity contribution < 1.29 is 17.9 Å². The molecule has 1 N–H and O–H groups in total.